The van der Waals surface area contributed by atoms with E-state index in [1.807, 2.05) is 0 Å². The number of halogens is 3. The van der Waals surface area contributed by atoms with Crippen LogP contribution in [0.15, 0.2) is 59.5 Å². The summed E-state index contributed by atoms with van der Waals surface area (Å²) in [6.07, 6.45) is -4.56. The number of sulfonamides is 1. The zero-order valence-corrected chi connectivity index (χ0v) is 19.1. The summed E-state index contributed by atoms with van der Waals surface area (Å²) in [5.41, 5.74) is 0.858. The van der Waals surface area contributed by atoms with E-state index in [4.69, 9.17) is 14.2 Å². The second-order valence-corrected chi connectivity index (χ2v) is 9.38. The lowest BCUT2D eigenvalue weighted by atomic mass is 10.1. The van der Waals surface area contributed by atoms with Gasteiger partial charge in [-0.1, -0.05) is 6.07 Å². The number of hydrogen-bond acceptors (Lipinski definition) is 6. The third-order valence-corrected chi connectivity index (χ3v) is 7.19. The summed E-state index contributed by atoms with van der Waals surface area (Å²) in [5.74, 6) is 1.22. The third-order valence-electron chi connectivity index (χ3n) is 5.33. The predicted octanol–water partition coefficient (Wildman–Crippen LogP) is 4.37. The third kappa shape index (κ3) is 4.66. The Labute approximate surface area is 194 Å². The van der Waals surface area contributed by atoms with Gasteiger partial charge in [0.15, 0.2) is 11.5 Å². The molecule has 0 saturated carbocycles. The topological polar surface area (TPSA) is 78.0 Å². The number of alkyl halides is 3. The van der Waals surface area contributed by atoms with Crippen LogP contribution in [0.25, 0.3) is 11.3 Å². The molecule has 1 aliphatic heterocycles. The van der Waals surface area contributed by atoms with E-state index in [9.17, 15) is 21.6 Å². The van der Waals surface area contributed by atoms with Crippen LogP contribution < -0.4 is 14.2 Å². The summed E-state index contributed by atoms with van der Waals surface area (Å²) in [6, 6.07) is 12.2. The van der Waals surface area contributed by atoms with Crippen LogP contribution in [0.4, 0.5) is 13.2 Å². The van der Waals surface area contributed by atoms with Crippen molar-refractivity contribution in [2.45, 2.75) is 17.6 Å². The zero-order chi connectivity index (χ0) is 24.5. The lowest BCUT2D eigenvalue weighted by Gasteiger charge is -2.20. The number of nitrogens with zero attached hydrogens (tertiary/aromatic N) is 2. The van der Waals surface area contributed by atoms with Gasteiger partial charge in [0.25, 0.3) is 0 Å². The molecule has 0 radical (unpaired) electrons. The van der Waals surface area contributed by atoms with Crippen LogP contribution in [0.1, 0.15) is 11.1 Å². The number of benzene rings is 2. The van der Waals surface area contributed by atoms with Crippen LogP contribution >= 0.6 is 0 Å². The average molecular weight is 494 g/mol. The van der Waals surface area contributed by atoms with Gasteiger partial charge in [-0.3, -0.25) is 0 Å². The van der Waals surface area contributed by atoms with Crippen LogP contribution in [-0.4, -0.2) is 45.1 Å². The lowest BCUT2D eigenvalue weighted by molar-refractivity contribution is -0.137. The predicted molar refractivity (Wildman–Crippen MR) is 117 cm³/mol. The Kier molecular flexibility index (Phi) is 6.41. The molecule has 0 atom stereocenters. The summed E-state index contributed by atoms with van der Waals surface area (Å²) >= 11 is 0. The lowest BCUT2D eigenvalue weighted by Crippen LogP contribution is -2.32. The van der Waals surface area contributed by atoms with Crippen molar-refractivity contribution in [3.05, 3.63) is 65.7 Å². The van der Waals surface area contributed by atoms with Crippen LogP contribution in [0.3, 0.4) is 0 Å². The Morgan fingerprint density at radius 3 is 2.41 bits per heavy atom. The Bertz CT molecular complexity index is 1290. The van der Waals surface area contributed by atoms with Gasteiger partial charge in [-0.05, 0) is 42.5 Å². The van der Waals surface area contributed by atoms with E-state index in [-0.39, 0.29) is 24.6 Å². The zero-order valence-electron chi connectivity index (χ0n) is 18.3. The monoisotopic (exact) mass is 494 g/mol. The molecule has 1 aliphatic rings. The number of ether oxygens (including phenoxy) is 3. The molecule has 7 nitrogen and oxygen atoms in total. The summed E-state index contributed by atoms with van der Waals surface area (Å²) < 4.78 is 82.8. The number of hydrogen-bond donors (Lipinski definition) is 0. The smallest absolute Gasteiger partial charge is 0.416 e. The quantitative estimate of drug-likeness (QED) is 0.524. The fraction of sp³-hybridized carbons (Fsp3) is 0.261. The number of rotatable bonds is 5. The van der Waals surface area contributed by atoms with Gasteiger partial charge in [-0.2, -0.15) is 17.5 Å². The molecule has 2 aromatic carbocycles. The molecule has 0 unspecified atom stereocenters. The molecule has 34 heavy (non-hydrogen) atoms. The first-order chi connectivity index (χ1) is 16.1. The van der Waals surface area contributed by atoms with Crippen LogP contribution in [0.2, 0.25) is 0 Å². The minimum absolute atomic E-state index is 0.00787. The van der Waals surface area contributed by atoms with Gasteiger partial charge in [0.05, 0.1) is 30.4 Å². The fourth-order valence-corrected chi connectivity index (χ4v) is 5.02. The van der Waals surface area contributed by atoms with E-state index in [0.717, 1.165) is 24.3 Å². The van der Waals surface area contributed by atoms with Crippen molar-refractivity contribution in [3.8, 4) is 28.6 Å². The molecular weight excluding hydrogens is 473 g/mol. The van der Waals surface area contributed by atoms with Gasteiger partial charge in [0.2, 0.25) is 15.9 Å². The number of pyridine rings is 1. The maximum absolute atomic E-state index is 13.2. The Hall–Kier alpha value is -3.31. The van der Waals surface area contributed by atoms with Crippen molar-refractivity contribution in [1.29, 1.82) is 0 Å². The highest BCUT2D eigenvalue weighted by atomic mass is 32.2. The van der Waals surface area contributed by atoms with Crippen molar-refractivity contribution < 1.29 is 35.8 Å². The highest BCUT2D eigenvalue weighted by molar-refractivity contribution is 7.89. The van der Waals surface area contributed by atoms with E-state index >= 15 is 0 Å². The minimum atomic E-state index is -4.56. The van der Waals surface area contributed by atoms with Gasteiger partial charge in [-0.25, -0.2) is 13.4 Å². The second kappa shape index (κ2) is 9.15. The standard InChI is InChI=1S/C23H21F3N2O5S/c1-31-20-13-15(19-4-3-5-21(27-19)32-2)12-16-14-28(10-11-33-22(16)20)34(29,30)18-8-6-17(7-9-18)23(24,25)26/h3-9,12-13H,10-11,14H2,1-2H3. The molecule has 2 heterocycles. The molecule has 0 aliphatic carbocycles. The number of fused-ring (bicyclic) bond motifs is 1. The molecule has 0 bridgehead atoms. The first kappa shape index (κ1) is 23.8. The van der Waals surface area contributed by atoms with Gasteiger partial charge in [-0.15, -0.1) is 0 Å². The van der Waals surface area contributed by atoms with Crippen molar-refractivity contribution in [2.75, 3.05) is 27.4 Å². The van der Waals surface area contributed by atoms with E-state index in [0.29, 0.717) is 34.2 Å². The maximum atomic E-state index is 13.2. The minimum Gasteiger partial charge on any atom is -0.493 e. The fourth-order valence-electron chi connectivity index (χ4n) is 3.62. The molecule has 3 aromatic rings. The van der Waals surface area contributed by atoms with Crippen LogP contribution in [0.5, 0.6) is 17.4 Å². The first-order valence-corrected chi connectivity index (χ1v) is 11.6. The highest BCUT2D eigenvalue weighted by Gasteiger charge is 2.33. The Morgan fingerprint density at radius 2 is 1.76 bits per heavy atom. The summed E-state index contributed by atoms with van der Waals surface area (Å²) in [4.78, 5) is 4.18. The normalized spacial score (nSPS) is 14.6. The maximum Gasteiger partial charge on any atom is 0.416 e. The molecule has 4 rings (SSSR count). The van der Waals surface area contributed by atoms with Crippen molar-refractivity contribution in [3.63, 3.8) is 0 Å². The molecule has 11 heteroatoms. The number of methoxy groups -OCH3 is 2. The van der Waals surface area contributed by atoms with Gasteiger partial charge in [0, 0.05) is 30.3 Å². The molecule has 0 N–H and O–H groups in total. The van der Waals surface area contributed by atoms with E-state index in [1.54, 1.807) is 30.3 Å². The van der Waals surface area contributed by atoms with Gasteiger partial charge < -0.3 is 14.2 Å². The Morgan fingerprint density at radius 1 is 1.03 bits per heavy atom. The first-order valence-electron chi connectivity index (χ1n) is 10.2. The molecule has 0 amide bonds. The van der Waals surface area contributed by atoms with Crippen molar-refractivity contribution in [2.24, 2.45) is 0 Å². The van der Waals surface area contributed by atoms with E-state index in [1.165, 1.54) is 18.5 Å². The second-order valence-electron chi connectivity index (χ2n) is 7.44. The Balaban J connectivity index is 1.71. The summed E-state index contributed by atoms with van der Waals surface area (Å²) in [6.45, 7) is -0.0131. The van der Waals surface area contributed by atoms with E-state index < -0.39 is 21.8 Å². The summed E-state index contributed by atoms with van der Waals surface area (Å²) in [7, 11) is -1.11. The molecule has 180 valence electrons. The molecule has 1 aromatic heterocycles. The largest absolute Gasteiger partial charge is 0.493 e. The molecule has 0 fully saturated rings. The van der Waals surface area contributed by atoms with E-state index in [2.05, 4.69) is 4.98 Å². The van der Waals surface area contributed by atoms with Gasteiger partial charge in [0.1, 0.15) is 6.61 Å². The SMILES string of the molecule is COc1cccc(-c2cc3c(c(OC)c2)OCCN(S(=O)(=O)c2ccc(C(F)(F)F)cc2)C3)n1. The molecule has 0 spiro atoms. The van der Waals surface area contributed by atoms with Crippen molar-refractivity contribution in [1.82, 2.24) is 9.29 Å². The van der Waals surface area contributed by atoms with Crippen LogP contribution in [-0.2, 0) is 22.7 Å². The summed E-state index contributed by atoms with van der Waals surface area (Å²) in [5, 5.41) is 0. The molecular formula is C23H21F3N2O5S. The van der Waals surface area contributed by atoms with Gasteiger partial charge >= 0.3 is 6.18 Å². The average Bonchev–Trinajstić information content (AvgIpc) is 3.06. The number of aromatic nitrogens is 1. The highest BCUT2D eigenvalue weighted by Crippen LogP contribution is 2.39. The van der Waals surface area contributed by atoms with Crippen molar-refractivity contribution >= 4 is 10.0 Å². The molecule has 0 saturated heterocycles. The van der Waals surface area contributed by atoms with Crippen LogP contribution in [0, 0.1) is 0 Å².